The van der Waals surface area contributed by atoms with Crippen LogP contribution in [0.5, 0.6) is 11.5 Å². The molecule has 0 fully saturated rings. The number of hydrogen-bond acceptors (Lipinski definition) is 5. The number of benzene rings is 2. The zero-order valence-electron chi connectivity index (χ0n) is 18.5. The number of esters is 1. The van der Waals surface area contributed by atoms with Crippen molar-refractivity contribution in [1.82, 2.24) is 0 Å². The van der Waals surface area contributed by atoms with E-state index in [1.165, 1.54) is 0 Å². The molecule has 0 radical (unpaired) electrons. The van der Waals surface area contributed by atoms with Crippen LogP contribution in [-0.4, -0.2) is 39.0 Å². The quantitative estimate of drug-likeness (QED) is 0.363. The highest BCUT2D eigenvalue weighted by molar-refractivity contribution is 5.94. The maximum atomic E-state index is 12.3. The van der Waals surface area contributed by atoms with Gasteiger partial charge in [0.15, 0.2) is 0 Å². The molecular weight excluding hydrogens is 392 g/mol. The third kappa shape index (κ3) is 6.86. The Kier molecular flexibility index (Phi) is 8.98. The number of ether oxygens (including phenoxy) is 4. The molecule has 0 unspecified atom stereocenters. The average Bonchev–Trinajstić information content (AvgIpc) is 2.77. The Bertz CT molecular complexity index is 870. The van der Waals surface area contributed by atoms with Crippen LogP contribution in [0.1, 0.15) is 45.1 Å². The summed E-state index contributed by atoms with van der Waals surface area (Å²) in [6, 6.07) is 14.1. The van der Waals surface area contributed by atoms with Crippen molar-refractivity contribution in [2.45, 2.75) is 39.5 Å². The van der Waals surface area contributed by atoms with E-state index in [1.54, 1.807) is 0 Å². The van der Waals surface area contributed by atoms with Gasteiger partial charge in [0, 0.05) is 17.7 Å². The fourth-order valence-electron chi connectivity index (χ4n) is 3.37. The second kappa shape index (κ2) is 12.2. The largest absolute Gasteiger partial charge is 0.493 e. The van der Waals surface area contributed by atoms with E-state index in [4.69, 9.17) is 18.9 Å². The van der Waals surface area contributed by atoms with E-state index in [1.807, 2.05) is 49.4 Å². The van der Waals surface area contributed by atoms with Crippen LogP contribution >= 0.6 is 0 Å². The standard InChI is InChI=1S/C26H32O5/c1-3-5-14-28-16-17-30-24-11-8-20(9-12-24)21-10-13-25-23(18-21)19-22(7-6-15-31-25)26(27)29-4-2/h8-13,18-19H,3-7,14-17H2,1-2H3. The first-order valence-electron chi connectivity index (χ1n) is 11.2. The second-order valence-electron chi connectivity index (χ2n) is 7.43. The number of fused-ring (bicyclic) bond motifs is 1. The fourth-order valence-corrected chi connectivity index (χ4v) is 3.37. The van der Waals surface area contributed by atoms with Crippen molar-refractivity contribution in [3.8, 4) is 22.6 Å². The molecule has 3 rings (SSSR count). The van der Waals surface area contributed by atoms with Gasteiger partial charge in [-0.05, 0) is 67.7 Å². The van der Waals surface area contributed by atoms with Gasteiger partial charge in [0.2, 0.25) is 0 Å². The lowest BCUT2D eigenvalue weighted by molar-refractivity contribution is -0.138. The van der Waals surface area contributed by atoms with E-state index >= 15 is 0 Å². The molecule has 0 N–H and O–H groups in total. The summed E-state index contributed by atoms with van der Waals surface area (Å²) < 4.78 is 22.4. The number of hydrogen-bond donors (Lipinski definition) is 0. The Morgan fingerprint density at radius 1 is 1.00 bits per heavy atom. The number of unbranched alkanes of at least 4 members (excludes halogenated alkanes) is 1. The third-order valence-electron chi connectivity index (χ3n) is 5.05. The molecule has 5 heteroatoms. The molecule has 0 amide bonds. The highest BCUT2D eigenvalue weighted by atomic mass is 16.5. The Hall–Kier alpha value is -2.79. The zero-order chi connectivity index (χ0) is 21.9. The SMILES string of the molecule is CCCCOCCOc1ccc(-c2ccc3c(c2)C=C(C(=O)OCC)CCCO3)cc1. The van der Waals surface area contributed by atoms with Gasteiger partial charge in [0.05, 0.1) is 19.8 Å². The van der Waals surface area contributed by atoms with Gasteiger partial charge in [-0.15, -0.1) is 0 Å². The summed E-state index contributed by atoms with van der Waals surface area (Å²) in [4.78, 5) is 12.3. The van der Waals surface area contributed by atoms with Crippen LogP contribution in [0.2, 0.25) is 0 Å². The summed E-state index contributed by atoms with van der Waals surface area (Å²) in [6.45, 7) is 6.85. The molecule has 31 heavy (non-hydrogen) atoms. The minimum absolute atomic E-state index is 0.249. The zero-order valence-corrected chi connectivity index (χ0v) is 18.5. The lowest BCUT2D eigenvalue weighted by Crippen LogP contribution is -2.11. The predicted octanol–water partition coefficient (Wildman–Crippen LogP) is 5.67. The van der Waals surface area contributed by atoms with Gasteiger partial charge in [-0.2, -0.15) is 0 Å². The molecular formula is C26H32O5. The van der Waals surface area contributed by atoms with Crippen molar-refractivity contribution in [3.63, 3.8) is 0 Å². The van der Waals surface area contributed by atoms with Crippen LogP contribution in [0.15, 0.2) is 48.0 Å². The molecule has 2 aromatic carbocycles. The highest BCUT2D eigenvalue weighted by Crippen LogP contribution is 2.31. The van der Waals surface area contributed by atoms with Crippen LogP contribution in [0.4, 0.5) is 0 Å². The highest BCUT2D eigenvalue weighted by Gasteiger charge is 2.15. The number of rotatable bonds is 10. The van der Waals surface area contributed by atoms with Crippen LogP contribution in [0, 0.1) is 0 Å². The molecule has 0 aliphatic carbocycles. The first-order chi connectivity index (χ1) is 15.2. The molecule has 0 spiro atoms. The third-order valence-corrected chi connectivity index (χ3v) is 5.05. The minimum atomic E-state index is -0.249. The van der Waals surface area contributed by atoms with Crippen molar-refractivity contribution in [2.75, 3.05) is 33.0 Å². The summed E-state index contributed by atoms with van der Waals surface area (Å²) in [7, 11) is 0. The number of carbonyl (C=O) groups is 1. The van der Waals surface area contributed by atoms with E-state index < -0.39 is 0 Å². The van der Waals surface area contributed by atoms with Gasteiger partial charge >= 0.3 is 5.97 Å². The normalized spacial score (nSPS) is 13.3. The Balaban J connectivity index is 1.69. The molecule has 1 heterocycles. The maximum Gasteiger partial charge on any atom is 0.334 e. The van der Waals surface area contributed by atoms with E-state index in [0.29, 0.717) is 38.4 Å². The monoisotopic (exact) mass is 424 g/mol. The van der Waals surface area contributed by atoms with E-state index in [2.05, 4.69) is 13.0 Å². The molecule has 0 saturated carbocycles. The van der Waals surface area contributed by atoms with Gasteiger partial charge in [0.1, 0.15) is 18.1 Å². The van der Waals surface area contributed by atoms with Crippen molar-refractivity contribution < 1.29 is 23.7 Å². The lowest BCUT2D eigenvalue weighted by Gasteiger charge is -2.16. The van der Waals surface area contributed by atoms with E-state index in [9.17, 15) is 4.79 Å². The van der Waals surface area contributed by atoms with Gasteiger partial charge in [-0.25, -0.2) is 4.79 Å². The van der Waals surface area contributed by atoms with Crippen molar-refractivity contribution in [2.24, 2.45) is 0 Å². The Morgan fingerprint density at radius 2 is 1.81 bits per heavy atom. The molecule has 2 aromatic rings. The second-order valence-corrected chi connectivity index (χ2v) is 7.43. The smallest absolute Gasteiger partial charge is 0.334 e. The van der Waals surface area contributed by atoms with Crippen molar-refractivity contribution in [3.05, 3.63) is 53.6 Å². The predicted molar refractivity (Wildman–Crippen MR) is 122 cm³/mol. The topological polar surface area (TPSA) is 54.0 Å². The molecule has 0 bridgehead atoms. The van der Waals surface area contributed by atoms with Crippen LogP contribution < -0.4 is 9.47 Å². The van der Waals surface area contributed by atoms with Crippen LogP contribution in [0.25, 0.3) is 17.2 Å². The summed E-state index contributed by atoms with van der Waals surface area (Å²) in [5.41, 5.74) is 3.71. The van der Waals surface area contributed by atoms with Gasteiger partial charge < -0.3 is 18.9 Å². The summed E-state index contributed by atoms with van der Waals surface area (Å²) >= 11 is 0. The van der Waals surface area contributed by atoms with Crippen LogP contribution in [0.3, 0.4) is 0 Å². The molecule has 1 aliphatic heterocycles. The van der Waals surface area contributed by atoms with Crippen molar-refractivity contribution >= 4 is 12.0 Å². The van der Waals surface area contributed by atoms with E-state index in [0.717, 1.165) is 54.1 Å². The molecule has 0 aromatic heterocycles. The number of carbonyl (C=O) groups excluding carboxylic acids is 1. The molecule has 166 valence electrons. The molecule has 0 atom stereocenters. The molecule has 0 saturated heterocycles. The fraction of sp³-hybridized carbons (Fsp3) is 0.423. The van der Waals surface area contributed by atoms with Gasteiger partial charge in [-0.3, -0.25) is 0 Å². The minimum Gasteiger partial charge on any atom is -0.493 e. The van der Waals surface area contributed by atoms with Gasteiger partial charge in [-0.1, -0.05) is 31.5 Å². The molecule has 5 nitrogen and oxygen atoms in total. The summed E-state index contributed by atoms with van der Waals surface area (Å²) in [5, 5.41) is 0. The maximum absolute atomic E-state index is 12.3. The van der Waals surface area contributed by atoms with Gasteiger partial charge in [0.25, 0.3) is 0 Å². The average molecular weight is 425 g/mol. The van der Waals surface area contributed by atoms with Crippen LogP contribution in [-0.2, 0) is 14.3 Å². The van der Waals surface area contributed by atoms with Crippen molar-refractivity contribution in [1.29, 1.82) is 0 Å². The Morgan fingerprint density at radius 3 is 2.58 bits per heavy atom. The summed E-state index contributed by atoms with van der Waals surface area (Å²) in [5.74, 6) is 1.36. The summed E-state index contributed by atoms with van der Waals surface area (Å²) in [6.07, 6.45) is 5.55. The Labute approximate surface area is 185 Å². The lowest BCUT2D eigenvalue weighted by atomic mass is 9.99. The first kappa shape index (κ1) is 22.9. The molecule has 1 aliphatic rings. The first-order valence-corrected chi connectivity index (χ1v) is 11.2. The van der Waals surface area contributed by atoms with E-state index in [-0.39, 0.29) is 5.97 Å².